The fourth-order valence-corrected chi connectivity index (χ4v) is 12.1. The van der Waals surface area contributed by atoms with Crippen molar-refractivity contribution in [1.82, 2.24) is 4.40 Å². The molecule has 75 heavy (non-hydrogen) atoms. The first-order valence-corrected chi connectivity index (χ1v) is 25.6. The molecule has 16 aromatic rings. The summed E-state index contributed by atoms with van der Waals surface area (Å²) < 4.78 is 15.4. The molecular weight excluding hydrogens is 915 g/mol. The molecule has 12 aromatic carbocycles. The maximum Gasteiger partial charge on any atom is 0.137 e. The molecule has 0 spiro atoms. The Bertz CT molecular complexity index is 4910. The van der Waals surface area contributed by atoms with E-state index >= 15 is 0 Å². The fourth-order valence-electron chi connectivity index (χ4n) is 12.1. The van der Waals surface area contributed by atoms with Crippen LogP contribution in [0.1, 0.15) is 0 Å². The minimum atomic E-state index is 0.856. The lowest BCUT2D eigenvalue weighted by Gasteiger charge is -2.26. The van der Waals surface area contributed by atoms with Crippen LogP contribution in [0.2, 0.25) is 0 Å². The highest BCUT2D eigenvalue weighted by molar-refractivity contribution is 6.32. The highest BCUT2D eigenvalue weighted by Gasteiger charge is 2.24. The van der Waals surface area contributed by atoms with E-state index in [1.165, 1.54) is 54.5 Å². The van der Waals surface area contributed by atoms with Crippen LogP contribution in [0.25, 0.3) is 115 Å². The molecule has 0 atom stereocenters. The van der Waals surface area contributed by atoms with Gasteiger partial charge in [-0.1, -0.05) is 152 Å². The Morgan fingerprint density at radius 2 is 0.733 bits per heavy atom. The van der Waals surface area contributed by atoms with Crippen molar-refractivity contribution < 1.29 is 8.83 Å². The number of para-hydroxylation sites is 3. The third kappa shape index (κ3) is 6.45. The molecule has 5 nitrogen and oxygen atoms in total. The first-order chi connectivity index (χ1) is 37.2. The molecule has 5 heteroatoms. The molecule has 0 bridgehead atoms. The molecule has 16 rings (SSSR count). The van der Waals surface area contributed by atoms with E-state index in [1.807, 2.05) is 24.3 Å². The first-order valence-electron chi connectivity index (χ1n) is 25.6. The van der Waals surface area contributed by atoms with Gasteiger partial charge >= 0.3 is 0 Å². The minimum absolute atomic E-state index is 0.856. The SMILES string of the molecule is c1ccc(-c2cccc(N(c3ccc4c(c3)oc3ccccc34)c3ccc4cc5c6ccc(N(c7cccc(-c8ccccc8)c7)c7ccc8oc9ccccc9c8c7)cc6n6c7ccccc7c(c4c3)c56)c2)cc1. The second-order valence-corrected chi connectivity index (χ2v) is 19.7. The Kier molecular flexibility index (Phi) is 8.97. The standard InChI is InChI=1S/C70H43N3O2/c1-3-15-44(16-4-1)46-19-13-21-49(37-46)71(52-33-36-67-61(41-52)57-24-9-12-28-66(57)74-67)53-31-34-55-62-39-48-29-30-51(40-60(48)69-59-25-7-10-26-63(59)73(70(62)69)64(55)42-53)72(50-22-14-20-47(38-50)45-17-5-2-6-18-45)54-32-35-58-56-23-8-11-27-65(56)75-68(58)43-54/h1-43H. The average molecular weight is 958 g/mol. The van der Waals surface area contributed by atoms with Crippen molar-refractivity contribution in [3.63, 3.8) is 0 Å². The molecule has 4 heterocycles. The van der Waals surface area contributed by atoms with Crippen molar-refractivity contribution in [3.8, 4) is 22.3 Å². The van der Waals surface area contributed by atoms with Crippen molar-refractivity contribution in [2.24, 2.45) is 0 Å². The van der Waals surface area contributed by atoms with Gasteiger partial charge in [-0.15, -0.1) is 0 Å². The molecule has 0 aliphatic rings. The van der Waals surface area contributed by atoms with Crippen LogP contribution in [0.3, 0.4) is 0 Å². The lowest BCUT2D eigenvalue weighted by atomic mass is 9.98. The predicted octanol–water partition coefficient (Wildman–Crippen LogP) is 20.1. The largest absolute Gasteiger partial charge is 0.456 e. The van der Waals surface area contributed by atoms with E-state index in [2.05, 4.69) is 251 Å². The lowest BCUT2D eigenvalue weighted by Crippen LogP contribution is -2.10. The number of rotatable bonds is 8. The second-order valence-electron chi connectivity index (χ2n) is 19.7. The number of nitrogens with zero attached hydrogens (tertiary/aromatic N) is 3. The van der Waals surface area contributed by atoms with Gasteiger partial charge in [0.05, 0.1) is 16.6 Å². The Hall–Kier alpha value is -10.1. The van der Waals surface area contributed by atoms with Gasteiger partial charge in [-0.3, -0.25) is 0 Å². The Morgan fingerprint density at radius 1 is 0.253 bits per heavy atom. The van der Waals surface area contributed by atoms with E-state index in [0.717, 1.165) is 94.6 Å². The summed E-state index contributed by atoms with van der Waals surface area (Å²) in [5, 5.41) is 11.7. The summed E-state index contributed by atoms with van der Waals surface area (Å²) in [7, 11) is 0. The first kappa shape index (κ1) is 41.5. The van der Waals surface area contributed by atoms with Crippen LogP contribution < -0.4 is 9.80 Å². The average Bonchev–Trinajstić information content (AvgIpc) is 4.23. The molecule has 0 radical (unpaired) electrons. The van der Waals surface area contributed by atoms with E-state index in [4.69, 9.17) is 8.83 Å². The van der Waals surface area contributed by atoms with Gasteiger partial charge in [0.15, 0.2) is 0 Å². The van der Waals surface area contributed by atoms with Gasteiger partial charge in [-0.2, -0.15) is 0 Å². The summed E-state index contributed by atoms with van der Waals surface area (Å²) in [6.45, 7) is 0. The summed E-state index contributed by atoms with van der Waals surface area (Å²) in [5.41, 5.74) is 18.0. The summed E-state index contributed by atoms with van der Waals surface area (Å²) in [6.07, 6.45) is 0. The van der Waals surface area contributed by atoms with Gasteiger partial charge in [0.25, 0.3) is 0 Å². The predicted molar refractivity (Wildman–Crippen MR) is 313 cm³/mol. The van der Waals surface area contributed by atoms with Crippen LogP contribution in [0.5, 0.6) is 0 Å². The van der Waals surface area contributed by atoms with Gasteiger partial charge in [-0.05, 0) is 136 Å². The molecule has 0 amide bonds. The Labute approximate surface area is 430 Å². The highest BCUT2D eigenvalue weighted by Crippen LogP contribution is 2.48. The van der Waals surface area contributed by atoms with Crippen molar-refractivity contribution in [2.45, 2.75) is 0 Å². The third-order valence-corrected chi connectivity index (χ3v) is 15.4. The van der Waals surface area contributed by atoms with Crippen LogP contribution >= 0.6 is 0 Å². The summed E-state index contributed by atoms with van der Waals surface area (Å²) >= 11 is 0. The number of aromatic nitrogens is 1. The van der Waals surface area contributed by atoms with Gasteiger partial charge in [0.2, 0.25) is 0 Å². The van der Waals surface area contributed by atoms with Crippen LogP contribution in [-0.2, 0) is 0 Å². The van der Waals surface area contributed by atoms with Crippen molar-refractivity contribution in [2.75, 3.05) is 9.80 Å². The van der Waals surface area contributed by atoms with E-state index in [9.17, 15) is 0 Å². The molecule has 0 saturated carbocycles. The molecule has 0 aliphatic carbocycles. The van der Waals surface area contributed by atoms with Crippen LogP contribution in [-0.4, -0.2) is 4.40 Å². The zero-order chi connectivity index (χ0) is 49.1. The number of benzene rings is 12. The Balaban J connectivity index is 0.912. The molecule has 350 valence electrons. The highest BCUT2D eigenvalue weighted by atomic mass is 16.3. The van der Waals surface area contributed by atoms with Crippen molar-refractivity contribution in [1.29, 1.82) is 0 Å². The minimum Gasteiger partial charge on any atom is -0.456 e. The maximum absolute atomic E-state index is 6.53. The quantitative estimate of drug-likeness (QED) is 0.152. The zero-order valence-electron chi connectivity index (χ0n) is 40.5. The van der Waals surface area contributed by atoms with Gasteiger partial charge in [0, 0.05) is 83.3 Å². The Morgan fingerprint density at radius 3 is 1.43 bits per heavy atom. The van der Waals surface area contributed by atoms with E-state index < -0.39 is 0 Å². The van der Waals surface area contributed by atoms with Gasteiger partial charge < -0.3 is 23.0 Å². The van der Waals surface area contributed by atoms with E-state index in [0.29, 0.717) is 0 Å². The fraction of sp³-hybridized carbons (Fsp3) is 0. The molecule has 0 fully saturated rings. The molecule has 0 aliphatic heterocycles. The number of fused-ring (bicyclic) bond motifs is 14. The number of furan rings is 2. The molecule has 4 aromatic heterocycles. The van der Waals surface area contributed by atoms with Crippen molar-refractivity contribution in [3.05, 3.63) is 261 Å². The smallest absolute Gasteiger partial charge is 0.137 e. The van der Waals surface area contributed by atoms with Crippen LogP contribution in [0.4, 0.5) is 34.1 Å². The zero-order valence-corrected chi connectivity index (χ0v) is 40.5. The molecule has 0 saturated heterocycles. The topological polar surface area (TPSA) is 37.2 Å². The normalized spacial score (nSPS) is 12.0. The summed E-state index contributed by atoms with van der Waals surface area (Å²) in [5.74, 6) is 0. The number of hydrogen-bond acceptors (Lipinski definition) is 4. The third-order valence-electron chi connectivity index (χ3n) is 15.4. The maximum atomic E-state index is 6.53. The number of hydrogen-bond donors (Lipinski definition) is 0. The molecule has 0 unspecified atom stereocenters. The summed E-state index contributed by atoms with van der Waals surface area (Å²) in [4.78, 5) is 4.77. The molecule has 0 N–H and O–H groups in total. The van der Waals surface area contributed by atoms with E-state index in [-0.39, 0.29) is 0 Å². The van der Waals surface area contributed by atoms with Crippen LogP contribution in [0.15, 0.2) is 270 Å². The summed E-state index contributed by atoms with van der Waals surface area (Å²) in [6, 6.07) is 94.1. The van der Waals surface area contributed by atoms with Crippen molar-refractivity contribution >= 4 is 127 Å². The van der Waals surface area contributed by atoms with Gasteiger partial charge in [0.1, 0.15) is 22.3 Å². The number of anilines is 6. The molecular formula is C70H43N3O2. The monoisotopic (exact) mass is 957 g/mol. The second kappa shape index (κ2) is 16.2. The lowest BCUT2D eigenvalue weighted by molar-refractivity contribution is 0.668. The van der Waals surface area contributed by atoms with Gasteiger partial charge in [-0.25, -0.2) is 0 Å². The van der Waals surface area contributed by atoms with E-state index in [1.54, 1.807) is 0 Å². The van der Waals surface area contributed by atoms with Crippen LogP contribution in [0, 0.1) is 0 Å².